The van der Waals surface area contributed by atoms with Gasteiger partial charge in [-0.1, -0.05) is 24.6 Å². The SMILES string of the molecule is CC1COC(c2ccc(C(F)(F)Oc3cc(F)c(F)c(F)c3)c(F)c2Cl)OC1. The second kappa shape index (κ2) is 7.81. The van der Waals surface area contributed by atoms with Gasteiger partial charge in [-0.15, -0.1) is 0 Å². The standard InChI is InChI=1S/C18H13ClF6O3/c1-8-6-26-17(27-7-8)10-2-3-11(15(22)14(10)19)18(24,25)28-9-4-12(20)16(23)13(21)5-9/h2-5,8,17H,6-7H2,1H3. The molecule has 0 atom stereocenters. The molecule has 3 rings (SSSR count). The fraction of sp³-hybridized carbons (Fsp3) is 0.333. The molecule has 0 saturated carbocycles. The van der Waals surface area contributed by atoms with Gasteiger partial charge in [0.05, 0.1) is 18.2 Å². The smallest absolute Gasteiger partial charge is 0.429 e. The van der Waals surface area contributed by atoms with Gasteiger partial charge in [-0.25, -0.2) is 17.6 Å². The van der Waals surface area contributed by atoms with Crippen LogP contribution in [0, 0.1) is 29.2 Å². The minimum Gasteiger partial charge on any atom is -0.429 e. The van der Waals surface area contributed by atoms with Gasteiger partial charge >= 0.3 is 6.11 Å². The summed E-state index contributed by atoms with van der Waals surface area (Å²) >= 11 is 5.85. The van der Waals surface area contributed by atoms with Crippen LogP contribution in [0.2, 0.25) is 5.02 Å². The summed E-state index contributed by atoms with van der Waals surface area (Å²) in [5.41, 5.74) is -1.28. The second-order valence-electron chi connectivity index (χ2n) is 6.25. The molecule has 0 radical (unpaired) electrons. The molecule has 10 heteroatoms. The maximum Gasteiger partial charge on any atom is 0.429 e. The van der Waals surface area contributed by atoms with E-state index in [1.807, 2.05) is 6.92 Å². The van der Waals surface area contributed by atoms with Gasteiger partial charge in [0.15, 0.2) is 29.6 Å². The monoisotopic (exact) mass is 426 g/mol. The van der Waals surface area contributed by atoms with E-state index in [0.29, 0.717) is 19.3 Å². The van der Waals surface area contributed by atoms with E-state index in [1.165, 1.54) is 0 Å². The number of benzene rings is 2. The van der Waals surface area contributed by atoms with Crippen molar-refractivity contribution in [3.05, 3.63) is 63.7 Å². The predicted molar refractivity (Wildman–Crippen MR) is 86.1 cm³/mol. The van der Waals surface area contributed by atoms with E-state index in [-0.39, 0.29) is 23.6 Å². The van der Waals surface area contributed by atoms with Crippen LogP contribution in [-0.4, -0.2) is 13.2 Å². The lowest BCUT2D eigenvalue weighted by atomic mass is 10.1. The van der Waals surface area contributed by atoms with Crippen molar-refractivity contribution >= 4 is 11.6 Å². The number of ether oxygens (including phenoxy) is 3. The van der Waals surface area contributed by atoms with E-state index in [4.69, 9.17) is 21.1 Å². The molecule has 0 aromatic heterocycles. The third kappa shape index (κ3) is 4.06. The number of rotatable bonds is 4. The van der Waals surface area contributed by atoms with Gasteiger partial charge in [0, 0.05) is 23.6 Å². The Labute approximate surface area is 160 Å². The Morgan fingerprint density at radius 2 is 1.57 bits per heavy atom. The zero-order valence-electron chi connectivity index (χ0n) is 14.2. The Kier molecular flexibility index (Phi) is 5.79. The van der Waals surface area contributed by atoms with Crippen LogP contribution in [-0.2, 0) is 15.6 Å². The second-order valence-corrected chi connectivity index (χ2v) is 6.63. The first-order valence-electron chi connectivity index (χ1n) is 8.03. The molecule has 1 heterocycles. The molecule has 0 spiro atoms. The van der Waals surface area contributed by atoms with Crippen molar-refractivity contribution in [3.8, 4) is 5.75 Å². The topological polar surface area (TPSA) is 27.7 Å². The molecule has 28 heavy (non-hydrogen) atoms. The maximum absolute atomic E-state index is 14.5. The van der Waals surface area contributed by atoms with Crippen molar-refractivity contribution < 1.29 is 40.6 Å². The molecule has 0 amide bonds. The first-order chi connectivity index (χ1) is 13.1. The highest BCUT2D eigenvalue weighted by Crippen LogP contribution is 2.39. The highest BCUT2D eigenvalue weighted by Gasteiger charge is 2.40. The van der Waals surface area contributed by atoms with Crippen LogP contribution in [0.25, 0.3) is 0 Å². The average Bonchev–Trinajstić information content (AvgIpc) is 2.62. The van der Waals surface area contributed by atoms with Gasteiger partial charge in [0.1, 0.15) is 11.3 Å². The fourth-order valence-corrected chi connectivity index (χ4v) is 2.80. The third-order valence-corrected chi connectivity index (χ3v) is 4.33. The lowest BCUT2D eigenvalue weighted by Gasteiger charge is -2.28. The van der Waals surface area contributed by atoms with Crippen molar-refractivity contribution in [3.63, 3.8) is 0 Å². The van der Waals surface area contributed by atoms with Crippen LogP contribution in [0.5, 0.6) is 5.75 Å². The summed E-state index contributed by atoms with van der Waals surface area (Å²) in [7, 11) is 0. The largest absolute Gasteiger partial charge is 0.429 e. The van der Waals surface area contributed by atoms with E-state index in [2.05, 4.69) is 4.74 Å². The van der Waals surface area contributed by atoms with E-state index >= 15 is 0 Å². The van der Waals surface area contributed by atoms with Crippen LogP contribution in [0.1, 0.15) is 24.3 Å². The first-order valence-corrected chi connectivity index (χ1v) is 8.41. The number of alkyl halides is 2. The summed E-state index contributed by atoms with van der Waals surface area (Å²) in [5, 5.41) is -0.670. The number of hydrogen-bond donors (Lipinski definition) is 0. The van der Waals surface area contributed by atoms with Crippen LogP contribution < -0.4 is 4.74 Å². The summed E-state index contributed by atoms with van der Waals surface area (Å²) in [6, 6.07) is 2.19. The Bertz CT molecular complexity index is 861. The quantitative estimate of drug-likeness (QED) is 0.463. The van der Waals surface area contributed by atoms with Gasteiger partial charge in [-0.05, 0) is 6.07 Å². The molecule has 0 N–H and O–H groups in total. The van der Waals surface area contributed by atoms with Crippen molar-refractivity contribution in [2.75, 3.05) is 13.2 Å². The molecule has 0 unspecified atom stereocenters. The van der Waals surface area contributed by atoms with Gasteiger partial charge in [0.25, 0.3) is 0 Å². The highest BCUT2D eigenvalue weighted by atomic mass is 35.5. The zero-order chi connectivity index (χ0) is 20.6. The van der Waals surface area contributed by atoms with Crippen LogP contribution in [0.3, 0.4) is 0 Å². The normalized spacial score (nSPS) is 20.3. The average molecular weight is 427 g/mol. The summed E-state index contributed by atoms with van der Waals surface area (Å²) < 4.78 is 97.4. The molecule has 1 aliphatic heterocycles. The molecule has 3 nitrogen and oxygen atoms in total. The molecule has 1 aliphatic rings. The Balaban J connectivity index is 1.89. The molecular weight excluding hydrogens is 414 g/mol. The molecule has 2 aromatic carbocycles. The molecular formula is C18H13ClF6O3. The van der Waals surface area contributed by atoms with E-state index < -0.39 is 52.0 Å². The highest BCUT2D eigenvalue weighted by molar-refractivity contribution is 6.31. The minimum atomic E-state index is -4.36. The van der Waals surface area contributed by atoms with E-state index in [9.17, 15) is 26.3 Å². The predicted octanol–water partition coefficient (Wildman–Crippen LogP) is 5.71. The van der Waals surface area contributed by atoms with Crippen molar-refractivity contribution in [1.29, 1.82) is 0 Å². The Morgan fingerprint density at radius 3 is 2.14 bits per heavy atom. The van der Waals surface area contributed by atoms with E-state index in [1.54, 1.807) is 0 Å². The number of hydrogen-bond acceptors (Lipinski definition) is 3. The van der Waals surface area contributed by atoms with Crippen LogP contribution >= 0.6 is 11.6 Å². The molecule has 0 bridgehead atoms. The Hall–Kier alpha value is -1.97. The zero-order valence-corrected chi connectivity index (χ0v) is 15.0. The van der Waals surface area contributed by atoms with Crippen LogP contribution in [0.4, 0.5) is 26.3 Å². The van der Waals surface area contributed by atoms with Crippen molar-refractivity contribution in [1.82, 2.24) is 0 Å². The summed E-state index contributed by atoms with van der Waals surface area (Å²) in [6.07, 6.45) is -5.38. The molecule has 1 saturated heterocycles. The molecule has 2 aromatic rings. The van der Waals surface area contributed by atoms with Crippen molar-refractivity contribution in [2.45, 2.75) is 19.3 Å². The van der Waals surface area contributed by atoms with E-state index in [0.717, 1.165) is 6.07 Å². The lowest BCUT2D eigenvalue weighted by Crippen LogP contribution is -2.27. The summed E-state index contributed by atoms with van der Waals surface area (Å²) in [5.74, 6) is -7.77. The van der Waals surface area contributed by atoms with Gasteiger partial charge in [0.2, 0.25) is 0 Å². The summed E-state index contributed by atoms with van der Waals surface area (Å²) in [6.45, 7) is 2.48. The van der Waals surface area contributed by atoms with Crippen LogP contribution in [0.15, 0.2) is 24.3 Å². The fourth-order valence-electron chi connectivity index (χ4n) is 2.54. The molecule has 0 aliphatic carbocycles. The molecule has 1 fully saturated rings. The van der Waals surface area contributed by atoms with Gasteiger partial charge in [-0.2, -0.15) is 8.78 Å². The lowest BCUT2D eigenvalue weighted by molar-refractivity contribution is -0.202. The first kappa shape index (κ1) is 20.8. The number of halogens is 7. The Morgan fingerprint density at radius 1 is 1.00 bits per heavy atom. The third-order valence-electron chi connectivity index (χ3n) is 3.95. The minimum absolute atomic E-state index is 0.00416. The maximum atomic E-state index is 14.5. The van der Waals surface area contributed by atoms with Crippen molar-refractivity contribution in [2.24, 2.45) is 5.92 Å². The van der Waals surface area contributed by atoms with Gasteiger partial charge in [-0.3, -0.25) is 0 Å². The summed E-state index contributed by atoms with van der Waals surface area (Å²) in [4.78, 5) is 0. The van der Waals surface area contributed by atoms with Gasteiger partial charge < -0.3 is 14.2 Å². The molecule has 152 valence electrons.